The Morgan fingerprint density at radius 1 is 1.25 bits per heavy atom. The van der Waals surface area contributed by atoms with Gasteiger partial charge >= 0.3 is 0 Å². The summed E-state index contributed by atoms with van der Waals surface area (Å²) >= 11 is 0. The quantitative estimate of drug-likeness (QED) is 0.777. The van der Waals surface area contributed by atoms with Crippen molar-refractivity contribution in [2.24, 2.45) is 23.0 Å². The molecule has 1 fully saturated rings. The lowest BCUT2D eigenvalue weighted by Crippen LogP contribution is -2.42. The van der Waals surface area contributed by atoms with Crippen LogP contribution in [0.25, 0.3) is 0 Å². The Bertz CT molecular complexity index is 293. The van der Waals surface area contributed by atoms with E-state index < -0.39 is 0 Å². The molecule has 3 nitrogen and oxygen atoms in total. The molecule has 0 aromatic heterocycles. The highest BCUT2D eigenvalue weighted by molar-refractivity contribution is 5.78. The molecule has 0 unspecified atom stereocenters. The van der Waals surface area contributed by atoms with Crippen molar-refractivity contribution in [3.63, 3.8) is 0 Å². The van der Waals surface area contributed by atoms with Crippen LogP contribution < -0.4 is 5.73 Å². The topological polar surface area (TPSA) is 46.3 Å². The number of rotatable bonds is 7. The van der Waals surface area contributed by atoms with E-state index in [1.54, 1.807) is 0 Å². The summed E-state index contributed by atoms with van der Waals surface area (Å²) in [6.07, 6.45) is 8.63. The average molecular weight is 282 g/mol. The number of nitrogens with zero attached hydrogens (tertiary/aromatic N) is 1. The number of nitrogens with two attached hydrogens (primary N) is 1. The number of hydrogen-bond acceptors (Lipinski definition) is 2. The van der Waals surface area contributed by atoms with E-state index in [9.17, 15) is 4.79 Å². The van der Waals surface area contributed by atoms with Crippen molar-refractivity contribution in [1.82, 2.24) is 4.90 Å². The van der Waals surface area contributed by atoms with Crippen LogP contribution in [0, 0.1) is 17.3 Å². The summed E-state index contributed by atoms with van der Waals surface area (Å²) in [4.78, 5) is 14.4. The smallest absolute Gasteiger partial charge is 0.225 e. The lowest BCUT2D eigenvalue weighted by molar-refractivity contribution is -0.136. The third-order valence-electron chi connectivity index (χ3n) is 4.76. The second kappa shape index (κ2) is 8.02. The molecule has 1 aliphatic rings. The zero-order valence-electron chi connectivity index (χ0n) is 14.0. The fourth-order valence-corrected chi connectivity index (χ4v) is 3.29. The van der Waals surface area contributed by atoms with Crippen molar-refractivity contribution in [3.8, 4) is 0 Å². The minimum atomic E-state index is 0.0166. The molecule has 1 amide bonds. The van der Waals surface area contributed by atoms with Gasteiger partial charge in [-0.05, 0) is 43.6 Å². The van der Waals surface area contributed by atoms with E-state index in [0.717, 1.165) is 25.3 Å². The summed E-state index contributed by atoms with van der Waals surface area (Å²) in [5, 5.41) is 0. The van der Waals surface area contributed by atoms with E-state index in [2.05, 4.69) is 20.8 Å². The van der Waals surface area contributed by atoms with Crippen LogP contribution in [0.2, 0.25) is 0 Å². The van der Waals surface area contributed by atoms with Crippen molar-refractivity contribution < 1.29 is 4.79 Å². The van der Waals surface area contributed by atoms with E-state index in [-0.39, 0.29) is 11.3 Å². The Morgan fingerprint density at radius 2 is 1.85 bits per heavy atom. The fourth-order valence-electron chi connectivity index (χ4n) is 3.29. The van der Waals surface area contributed by atoms with Gasteiger partial charge in [0.1, 0.15) is 0 Å². The van der Waals surface area contributed by atoms with Crippen LogP contribution in [0.4, 0.5) is 0 Å². The van der Waals surface area contributed by atoms with Gasteiger partial charge in [0.2, 0.25) is 5.91 Å². The van der Waals surface area contributed by atoms with Crippen LogP contribution in [-0.4, -0.2) is 30.9 Å². The first-order valence-corrected chi connectivity index (χ1v) is 8.34. The van der Waals surface area contributed by atoms with Crippen LogP contribution in [-0.2, 0) is 4.79 Å². The van der Waals surface area contributed by atoms with Crippen LogP contribution in [0.15, 0.2) is 0 Å². The van der Waals surface area contributed by atoms with Gasteiger partial charge in [0.25, 0.3) is 0 Å². The van der Waals surface area contributed by atoms with Crippen molar-refractivity contribution >= 4 is 5.91 Å². The molecule has 0 atom stereocenters. The molecule has 1 saturated carbocycles. The van der Waals surface area contributed by atoms with Gasteiger partial charge in [0.15, 0.2) is 0 Å². The molecule has 3 heteroatoms. The maximum Gasteiger partial charge on any atom is 0.225 e. The SMILES string of the molecule is CCCCC1CCC(C(=O)N(C)CC(C)(C)CN)CC1. The zero-order chi connectivity index (χ0) is 15.2. The Kier molecular flexibility index (Phi) is 7.01. The molecule has 0 aliphatic heterocycles. The average Bonchev–Trinajstić information content (AvgIpc) is 2.44. The maximum absolute atomic E-state index is 12.5. The summed E-state index contributed by atoms with van der Waals surface area (Å²) in [6, 6.07) is 0. The highest BCUT2D eigenvalue weighted by Crippen LogP contribution is 2.33. The van der Waals surface area contributed by atoms with E-state index in [1.807, 2.05) is 11.9 Å². The Hall–Kier alpha value is -0.570. The number of unbranched alkanes of at least 4 members (excludes halogenated alkanes) is 1. The first-order chi connectivity index (χ1) is 9.39. The third kappa shape index (κ3) is 5.43. The standard InChI is InChI=1S/C17H34N2O/c1-5-6-7-14-8-10-15(11-9-14)16(20)19(4)13-17(2,3)12-18/h14-15H,5-13,18H2,1-4H3. The first kappa shape index (κ1) is 17.5. The van der Waals surface area contributed by atoms with Gasteiger partial charge in [-0.15, -0.1) is 0 Å². The summed E-state index contributed by atoms with van der Waals surface area (Å²) in [5.41, 5.74) is 5.78. The van der Waals surface area contributed by atoms with Gasteiger partial charge in [-0.3, -0.25) is 4.79 Å². The minimum Gasteiger partial charge on any atom is -0.345 e. The third-order valence-corrected chi connectivity index (χ3v) is 4.76. The molecule has 0 aromatic rings. The van der Waals surface area contributed by atoms with Gasteiger partial charge < -0.3 is 10.6 Å². The Balaban J connectivity index is 2.38. The summed E-state index contributed by atoms with van der Waals surface area (Å²) in [7, 11) is 1.93. The lowest BCUT2D eigenvalue weighted by atomic mass is 9.79. The molecule has 0 bridgehead atoms. The van der Waals surface area contributed by atoms with Crippen LogP contribution >= 0.6 is 0 Å². The maximum atomic E-state index is 12.5. The highest BCUT2D eigenvalue weighted by atomic mass is 16.2. The minimum absolute atomic E-state index is 0.0166. The molecule has 0 aromatic carbocycles. The number of hydrogen-bond donors (Lipinski definition) is 1. The summed E-state index contributed by atoms with van der Waals surface area (Å²) in [5.74, 6) is 1.46. The van der Waals surface area contributed by atoms with Crippen molar-refractivity contribution in [3.05, 3.63) is 0 Å². The number of amides is 1. The molecule has 1 aliphatic carbocycles. The summed E-state index contributed by atoms with van der Waals surface area (Å²) < 4.78 is 0. The monoisotopic (exact) mass is 282 g/mol. The van der Waals surface area contributed by atoms with E-state index in [1.165, 1.54) is 32.1 Å². The highest BCUT2D eigenvalue weighted by Gasteiger charge is 2.30. The van der Waals surface area contributed by atoms with E-state index in [4.69, 9.17) is 5.73 Å². The summed E-state index contributed by atoms with van der Waals surface area (Å²) in [6.45, 7) is 7.88. The van der Waals surface area contributed by atoms with Crippen molar-refractivity contribution in [2.75, 3.05) is 20.1 Å². The predicted octanol–water partition coefficient (Wildman–Crippen LogP) is 3.43. The molecule has 118 valence electrons. The van der Waals surface area contributed by atoms with Crippen molar-refractivity contribution in [2.45, 2.75) is 65.7 Å². The molecule has 0 heterocycles. The Labute approximate surface area is 125 Å². The van der Waals surface area contributed by atoms with Gasteiger partial charge in [0.05, 0.1) is 0 Å². The van der Waals surface area contributed by atoms with Gasteiger partial charge in [0, 0.05) is 19.5 Å². The first-order valence-electron chi connectivity index (χ1n) is 8.34. The van der Waals surface area contributed by atoms with Gasteiger partial charge in [-0.25, -0.2) is 0 Å². The molecule has 0 spiro atoms. The normalized spacial score (nSPS) is 23.6. The zero-order valence-corrected chi connectivity index (χ0v) is 14.0. The lowest BCUT2D eigenvalue weighted by Gasteiger charge is -2.34. The molecule has 0 radical (unpaired) electrons. The number of carbonyl (C=O) groups is 1. The largest absolute Gasteiger partial charge is 0.345 e. The number of carbonyl (C=O) groups excluding carboxylic acids is 1. The predicted molar refractivity (Wildman–Crippen MR) is 85.4 cm³/mol. The fraction of sp³-hybridized carbons (Fsp3) is 0.941. The van der Waals surface area contributed by atoms with Gasteiger partial charge in [-0.1, -0.05) is 40.0 Å². The second-order valence-corrected chi connectivity index (χ2v) is 7.42. The second-order valence-electron chi connectivity index (χ2n) is 7.42. The molecule has 0 saturated heterocycles. The molecular weight excluding hydrogens is 248 g/mol. The van der Waals surface area contributed by atoms with Crippen molar-refractivity contribution in [1.29, 1.82) is 0 Å². The molecule has 20 heavy (non-hydrogen) atoms. The Morgan fingerprint density at radius 3 is 2.35 bits per heavy atom. The van der Waals surface area contributed by atoms with Crippen LogP contribution in [0.1, 0.15) is 65.7 Å². The molecule has 1 rings (SSSR count). The molecule has 2 N–H and O–H groups in total. The van der Waals surface area contributed by atoms with Gasteiger partial charge in [-0.2, -0.15) is 0 Å². The molecular formula is C17H34N2O. The van der Waals surface area contributed by atoms with E-state index in [0.29, 0.717) is 12.5 Å². The van der Waals surface area contributed by atoms with E-state index >= 15 is 0 Å². The van der Waals surface area contributed by atoms with Crippen LogP contribution in [0.5, 0.6) is 0 Å². The van der Waals surface area contributed by atoms with Crippen LogP contribution in [0.3, 0.4) is 0 Å².